The highest BCUT2D eigenvalue weighted by Gasteiger charge is 2.03. The van der Waals surface area contributed by atoms with Crippen LogP contribution in [0.1, 0.15) is 5.56 Å². The normalized spacial score (nSPS) is 10.3. The van der Waals surface area contributed by atoms with Gasteiger partial charge in [-0.1, -0.05) is 51.3 Å². The zero-order valence-corrected chi connectivity index (χ0v) is 11.9. The maximum Gasteiger partial charge on any atom is 0.146 e. The molecule has 0 unspecified atom stereocenters. The largest absolute Gasteiger partial charge is 0.456 e. The summed E-state index contributed by atoms with van der Waals surface area (Å²) in [5, 5.41) is 1.92. The summed E-state index contributed by atoms with van der Waals surface area (Å²) in [6, 6.07) is 13.0. The molecule has 0 aliphatic rings. The predicted molar refractivity (Wildman–Crippen MR) is 75.6 cm³/mol. The third-order valence-corrected chi connectivity index (χ3v) is 3.38. The van der Waals surface area contributed by atoms with Crippen molar-refractivity contribution in [1.82, 2.24) is 0 Å². The Morgan fingerprint density at radius 3 is 2.29 bits per heavy atom. The van der Waals surface area contributed by atoms with E-state index in [-0.39, 0.29) is 0 Å². The van der Waals surface area contributed by atoms with E-state index in [9.17, 15) is 0 Å². The summed E-state index contributed by atoms with van der Waals surface area (Å²) < 4.78 is 5.66. The first-order valence-electron chi connectivity index (χ1n) is 4.97. The van der Waals surface area contributed by atoms with E-state index in [1.54, 1.807) is 18.2 Å². The maximum atomic E-state index is 6.02. The first kappa shape index (κ1) is 12.7. The van der Waals surface area contributed by atoms with Gasteiger partial charge in [0.25, 0.3) is 0 Å². The van der Waals surface area contributed by atoms with Gasteiger partial charge in [0.2, 0.25) is 0 Å². The fraction of sp³-hybridized carbons (Fsp3) is 0.0769. The number of halogens is 3. The molecule has 88 valence electrons. The Bertz CT molecular complexity index is 511. The SMILES string of the molecule is Clc1ccc(Oc2ccc(CBr)cc2)c(Cl)c1. The van der Waals surface area contributed by atoms with Crippen LogP contribution in [0.15, 0.2) is 42.5 Å². The molecule has 0 fully saturated rings. The Labute approximate surface area is 118 Å². The zero-order chi connectivity index (χ0) is 12.3. The molecule has 0 N–H and O–H groups in total. The number of hydrogen-bond donors (Lipinski definition) is 0. The van der Waals surface area contributed by atoms with Crippen LogP contribution in [0.4, 0.5) is 0 Å². The van der Waals surface area contributed by atoms with Crippen LogP contribution in [0.5, 0.6) is 11.5 Å². The van der Waals surface area contributed by atoms with Crippen molar-refractivity contribution in [3.8, 4) is 11.5 Å². The first-order chi connectivity index (χ1) is 8.19. The van der Waals surface area contributed by atoms with Crippen LogP contribution in [0.2, 0.25) is 10.0 Å². The van der Waals surface area contributed by atoms with Crippen molar-refractivity contribution >= 4 is 39.1 Å². The van der Waals surface area contributed by atoms with Crippen molar-refractivity contribution in [2.24, 2.45) is 0 Å². The van der Waals surface area contributed by atoms with Gasteiger partial charge < -0.3 is 4.74 Å². The van der Waals surface area contributed by atoms with E-state index in [1.807, 2.05) is 24.3 Å². The number of ether oxygens (including phenoxy) is 1. The number of hydrogen-bond acceptors (Lipinski definition) is 1. The van der Waals surface area contributed by atoms with Gasteiger partial charge in [0, 0.05) is 10.4 Å². The van der Waals surface area contributed by atoms with E-state index in [2.05, 4.69) is 15.9 Å². The molecule has 0 saturated heterocycles. The van der Waals surface area contributed by atoms with Crippen LogP contribution in [-0.4, -0.2) is 0 Å². The minimum absolute atomic E-state index is 0.502. The molecule has 0 bridgehead atoms. The average molecular weight is 332 g/mol. The van der Waals surface area contributed by atoms with Gasteiger partial charge in [-0.05, 0) is 35.9 Å². The summed E-state index contributed by atoms with van der Waals surface area (Å²) in [6.07, 6.45) is 0. The highest BCUT2D eigenvalue weighted by atomic mass is 79.9. The maximum absolute atomic E-state index is 6.02. The Hall–Kier alpha value is -0.700. The molecule has 0 heterocycles. The van der Waals surface area contributed by atoms with E-state index in [1.165, 1.54) is 5.56 Å². The van der Waals surface area contributed by atoms with Gasteiger partial charge in [0.1, 0.15) is 11.5 Å². The number of benzene rings is 2. The lowest BCUT2D eigenvalue weighted by atomic mass is 10.2. The van der Waals surface area contributed by atoms with Crippen LogP contribution >= 0.6 is 39.1 Å². The van der Waals surface area contributed by atoms with Crippen LogP contribution < -0.4 is 4.74 Å². The molecule has 2 rings (SSSR count). The summed E-state index contributed by atoms with van der Waals surface area (Å²) in [6.45, 7) is 0. The molecule has 0 aromatic heterocycles. The third-order valence-electron chi connectivity index (χ3n) is 2.20. The molecule has 17 heavy (non-hydrogen) atoms. The molecule has 4 heteroatoms. The highest BCUT2D eigenvalue weighted by Crippen LogP contribution is 2.31. The van der Waals surface area contributed by atoms with Gasteiger partial charge in [-0.2, -0.15) is 0 Å². The molecule has 0 amide bonds. The van der Waals surface area contributed by atoms with E-state index < -0.39 is 0 Å². The molecule has 2 aromatic rings. The fourth-order valence-corrected chi connectivity index (χ4v) is 2.15. The Morgan fingerprint density at radius 1 is 1.00 bits per heavy atom. The second-order valence-electron chi connectivity index (χ2n) is 3.45. The van der Waals surface area contributed by atoms with Crippen LogP contribution in [0, 0.1) is 0 Å². The molecule has 0 saturated carbocycles. The molecule has 0 spiro atoms. The summed E-state index contributed by atoms with van der Waals surface area (Å²) in [5.41, 5.74) is 1.19. The van der Waals surface area contributed by atoms with Gasteiger partial charge in [0.05, 0.1) is 5.02 Å². The van der Waals surface area contributed by atoms with Crippen LogP contribution in [-0.2, 0) is 5.33 Å². The first-order valence-corrected chi connectivity index (χ1v) is 6.84. The standard InChI is InChI=1S/C13H9BrCl2O/c14-8-9-1-4-11(5-2-9)17-13-6-3-10(15)7-12(13)16/h1-7H,8H2. The zero-order valence-electron chi connectivity index (χ0n) is 8.79. The lowest BCUT2D eigenvalue weighted by Crippen LogP contribution is -1.86. The fourth-order valence-electron chi connectivity index (χ4n) is 1.33. The predicted octanol–water partition coefficient (Wildman–Crippen LogP) is 5.68. The molecule has 1 nitrogen and oxygen atoms in total. The van der Waals surface area contributed by atoms with E-state index in [0.29, 0.717) is 15.8 Å². The smallest absolute Gasteiger partial charge is 0.146 e. The van der Waals surface area contributed by atoms with Crippen LogP contribution in [0.3, 0.4) is 0 Å². The molecule has 0 aliphatic heterocycles. The van der Waals surface area contributed by atoms with Crippen molar-refractivity contribution in [3.05, 3.63) is 58.1 Å². The lowest BCUT2D eigenvalue weighted by Gasteiger charge is -2.08. The summed E-state index contributed by atoms with van der Waals surface area (Å²) in [7, 11) is 0. The summed E-state index contributed by atoms with van der Waals surface area (Å²) in [5.74, 6) is 1.35. The molecule has 0 aliphatic carbocycles. The van der Waals surface area contributed by atoms with Crippen molar-refractivity contribution in [2.75, 3.05) is 0 Å². The van der Waals surface area contributed by atoms with Gasteiger partial charge in [0.15, 0.2) is 0 Å². The van der Waals surface area contributed by atoms with E-state index in [0.717, 1.165) is 11.1 Å². The Balaban J connectivity index is 2.19. The third kappa shape index (κ3) is 3.38. The minimum Gasteiger partial charge on any atom is -0.456 e. The van der Waals surface area contributed by atoms with Crippen molar-refractivity contribution in [1.29, 1.82) is 0 Å². The quantitative estimate of drug-likeness (QED) is 0.657. The van der Waals surface area contributed by atoms with Gasteiger partial charge >= 0.3 is 0 Å². The summed E-state index contributed by atoms with van der Waals surface area (Å²) >= 11 is 15.2. The average Bonchev–Trinajstić information content (AvgIpc) is 2.34. The Kier molecular flexibility index (Phi) is 4.32. The number of alkyl halides is 1. The van der Waals surface area contributed by atoms with E-state index >= 15 is 0 Å². The van der Waals surface area contributed by atoms with Crippen LogP contribution in [0.25, 0.3) is 0 Å². The van der Waals surface area contributed by atoms with Crippen molar-refractivity contribution in [2.45, 2.75) is 5.33 Å². The lowest BCUT2D eigenvalue weighted by molar-refractivity contribution is 0.483. The molecule has 0 atom stereocenters. The van der Waals surface area contributed by atoms with Gasteiger partial charge in [-0.3, -0.25) is 0 Å². The van der Waals surface area contributed by atoms with Gasteiger partial charge in [-0.25, -0.2) is 0 Å². The molecular weight excluding hydrogens is 323 g/mol. The second-order valence-corrected chi connectivity index (χ2v) is 4.86. The topological polar surface area (TPSA) is 9.23 Å². The monoisotopic (exact) mass is 330 g/mol. The highest BCUT2D eigenvalue weighted by molar-refractivity contribution is 9.08. The number of rotatable bonds is 3. The molecule has 2 aromatic carbocycles. The van der Waals surface area contributed by atoms with E-state index in [4.69, 9.17) is 27.9 Å². The molecular formula is C13H9BrCl2O. The van der Waals surface area contributed by atoms with Crippen molar-refractivity contribution < 1.29 is 4.74 Å². The molecule has 0 radical (unpaired) electrons. The Morgan fingerprint density at radius 2 is 1.71 bits per heavy atom. The van der Waals surface area contributed by atoms with Gasteiger partial charge in [-0.15, -0.1) is 0 Å². The minimum atomic E-state index is 0.502. The van der Waals surface area contributed by atoms with Crippen molar-refractivity contribution in [3.63, 3.8) is 0 Å². The second kappa shape index (κ2) is 5.76. The summed E-state index contributed by atoms with van der Waals surface area (Å²) in [4.78, 5) is 0.